The fourth-order valence-corrected chi connectivity index (χ4v) is 2.80. The topological polar surface area (TPSA) is 33.3 Å². The number of rotatable bonds is 6. The van der Waals surface area contributed by atoms with Gasteiger partial charge in [0.1, 0.15) is 5.82 Å². The van der Waals surface area contributed by atoms with Gasteiger partial charge in [0.15, 0.2) is 12.4 Å². The summed E-state index contributed by atoms with van der Waals surface area (Å²) in [6.07, 6.45) is 5.30. The lowest BCUT2D eigenvalue weighted by molar-refractivity contribution is -0.692. The van der Waals surface area contributed by atoms with Gasteiger partial charge in [0.25, 0.3) is 0 Å². The van der Waals surface area contributed by atoms with E-state index >= 15 is 0 Å². The Labute approximate surface area is 159 Å². The number of halogens is 1. The molecule has 3 nitrogen and oxygen atoms in total. The molecule has 2 rings (SSSR count). The van der Waals surface area contributed by atoms with Gasteiger partial charge in [-0.2, -0.15) is 4.57 Å². The number of ketones is 1. The first kappa shape index (κ1) is 19.9. The van der Waals surface area contributed by atoms with Crippen molar-refractivity contribution in [2.24, 2.45) is 4.99 Å². The first-order valence-corrected chi connectivity index (χ1v) is 8.78. The van der Waals surface area contributed by atoms with E-state index < -0.39 is 6.04 Å². The van der Waals surface area contributed by atoms with E-state index in [2.05, 4.69) is 32.3 Å². The van der Waals surface area contributed by atoms with Crippen LogP contribution in [-0.4, -0.2) is 17.4 Å². The second-order valence-electron chi connectivity index (χ2n) is 7.03. The number of carbonyl (C=O) groups is 1. The van der Waals surface area contributed by atoms with Crippen LogP contribution in [0, 0.1) is 5.82 Å². The first-order valence-electron chi connectivity index (χ1n) is 8.37. The summed E-state index contributed by atoms with van der Waals surface area (Å²) in [5, 5.41) is 0.271. The SMILES string of the molecule is C=CCN=C([S-])[C@H](C(=O)c1ccc(F)cc1)[n+]1ccc(C(C)(C)C)cc1. The molecule has 1 heterocycles. The maximum Gasteiger partial charge on any atom is 0.237 e. The van der Waals surface area contributed by atoms with E-state index in [1.165, 1.54) is 24.3 Å². The summed E-state index contributed by atoms with van der Waals surface area (Å²) in [6, 6.07) is 8.64. The number of carbonyl (C=O) groups excluding carboxylic acids is 1. The van der Waals surface area contributed by atoms with Crippen molar-refractivity contribution in [2.75, 3.05) is 6.54 Å². The van der Waals surface area contributed by atoms with Crippen LogP contribution in [0.2, 0.25) is 0 Å². The van der Waals surface area contributed by atoms with Crippen LogP contribution in [0.5, 0.6) is 0 Å². The molecule has 136 valence electrons. The number of aromatic nitrogens is 1. The van der Waals surface area contributed by atoms with E-state index in [0.29, 0.717) is 12.1 Å². The molecule has 1 aromatic heterocycles. The van der Waals surface area contributed by atoms with Gasteiger partial charge in [-0.25, -0.2) is 4.39 Å². The molecule has 0 saturated heterocycles. The Morgan fingerprint density at radius 1 is 1.23 bits per heavy atom. The van der Waals surface area contributed by atoms with Crippen molar-refractivity contribution in [1.82, 2.24) is 0 Å². The molecule has 0 bridgehead atoms. The highest BCUT2D eigenvalue weighted by atomic mass is 32.1. The lowest BCUT2D eigenvalue weighted by Crippen LogP contribution is -2.48. The smallest absolute Gasteiger partial charge is 0.237 e. The Morgan fingerprint density at radius 2 is 1.81 bits per heavy atom. The maximum atomic E-state index is 13.2. The van der Waals surface area contributed by atoms with Crippen molar-refractivity contribution in [3.63, 3.8) is 0 Å². The monoisotopic (exact) mass is 370 g/mol. The molecule has 26 heavy (non-hydrogen) atoms. The molecule has 2 aromatic rings. The quantitative estimate of drug-likeness (QED) is 0.193. The Balaban J connectivity index is 2.45. The van der Waals surface area contributed by atoms with Gasteiger partial charge in [-0.15, -0.1) is 6.58 Å². The van der Waals surface area contributed by atoms with Gasteiger partial charge in [0, 0.05) is 17.7 Å². The lowest BCUT2D eigenvalue weighted by Gasteiger charge is -2.21. The van der Waals surface area contributed by atoms with Crippen molar-refractivity contribution in [1.29, 1.82) is 0 Å². The number of hydrogen-bond donors (Lipinski definition) is 0. The molecule has 0 aliphatic heterocycles. The molecule has 0 aliphatic carbocycles. The molecule has 1 aromatic carbocycles. The van der Waals surface area contributed by atoms with Crippen LogP contribution in [0.1, 0.15) is 42.7 Å². The molecule has 5 heteroatoms. The zero-order valence-corrected chi connectivity index (χ0v) is 16.1. The predicted molar refractivity (Wildman–Crippen MR) is 105 cm³/mol. The van der Waals surface area contributed by atoms with Crippen molar-refractivity contribution in [2.45, 2.75) is 32.2 Å². The third-order valence-corrected chi connectivity index (χ3v) is 4.36. The standard InChI is InChI=1S/C21H23FN2OS/c1-5-12-23-20(26)18(19(25)15-6-8-17(22)9-7-15)24-13-10-16(11-14-24)21(2,3)4/h5-11,13-14,18H,1,12H2,2-4H3/t18-/m0/s1. The van der Waals surface area contributed by atoms with Gasteiger partial charge in [0.05, 0.1) is 6.54 Å². The fourth-order valence-electron chi connectivity index (χ4n) is 2.50. The molecule has 0 fully saturated rings. The van der Waals surface area contributed by atoms with Crippen LogP contribution < -0.4 is 4.57 Å². The van der Waals surface area contributed by atoms with Crippen LogP contribution >= 0.6 is 0 Å². The van der Waals surface area contributed by atoms with Crippen LogP contribution in [0.15, 0.2) is 66.4 Å². The number of hydrogen-bond acceptors (Lipinski definition) is 3. The van der Waals surface area contributed by atoms with E-state index in [-0.39, 0.29) is 22.1 Å². The van der Waals surface area contributed by atoms with Crippen LogP contribution in [0.25, 0.3) is 0 Å². The lowest BCUT2D eigenvalue weighted by atomic mass is 9.88. The Hall–Kier alpha value is -2.40. The van der Waals surface area contributed by atoms with Gasteiger partial charge in [-0.1, -0.05) is 26.8 Å². The van der Waals surface area contributed by atoms with Gasteiger partial charge >= 0.3 is 0 Å². The molecule has 0 amide bonds. The van der Waals surface area contributed by atoms with E-state index in [1.54, 1.807) is 10.6 Å². The minimum atomic E-state index is -0.760. The summed E-state index contributed by atoms with van der Waals surface area (Å²) >= 11 is 5.40. The zero-order valence-electron chi connectivity index (χ0n) is 15.3. The number of benzene rings is 1. The average molecular weight is 370 g/mol. The molecule has 0 spiro atoms. The second-order valence-corrected chi connectivity index (χ2v) is 7.44. The van der Waals surface area contributed by atoms with Crippen LogP contribution in [-0.2, 0) is 18.0 Å². The molecule has 0 radical (unpaired) electrons. The maximum absolute atomic E-state index is 13.2. The number of nitrogens with zero attached hydrogens (tertiary/aromatic N) is 2. The minimum Gasteiger partial charge on any atom is -0.758 e. The summed E-state index contributed by atoms with van der Waals surface area (Å²) < 4.78 is 14.9. The largest absolute Gasteiger partial charge is 0.758 e. The van der Waals surface area contributed by atoms with Gasteiger partial charge in [-0.3, -0.25) is 4.79 Å². The Bertz CT molecular complexity index is 805. The van der Waals surface area contributed by atoms with Crippen molar-refractivity contribution in [3.8, 4) is 0 Å². The van der Waals surface area contributed by atoms with Crippen molar-refractivity contribution >= 4 is 23.5 Å². The Morgan fingerprint density at radius 3 is 2.31 bits per heavy atom. The zero-order chi connectivity index (χ0) is 19.3. The van der Waals surface area contributed by atoms with E-state index in [1.807, 2.05) is 24.5 Å². The number of Topliss-reactive ketones (excluding diaryl/α,β-unsaturated/α-hetero) is 1. The molecule has 0 unspecified atom stereocenters. The number of pyridine rings is 1. The molecule has 1 atom stereocenters. The third kappa shape index (κ3) is 4.82. The van der Waals surface area contributed by atoms with Crippen molar-refractivity contribution < 1.29 is 13.8 Å². The summed E-state index contributed by atoms with van der Waals surface area (Å²) in [5.74, 6) is -0.615. The fraction of sp³-hybridized carbons (Fsp3) is 0.286. The summed E-state index contributed by atoms with van der Waals surface area (Å²) in [7, 11) is 0. The third-order valence-electron chi connectivity index (χ3n) is 4.00. The Kier molecular flexibility index (Phi) is 6.37. The predicted octanol–water partition coefficient (Wildman–Crippen LogP) is 3.97. The highest BCUT2D eigenvalue weighted by Gasteiger charge is 2.28. The van der Waals surface area contributed by atoms with Crippen LogP contribution in [0.3, 0.4) is 0 Å². The van der Waals surface area contributed by atoms with E-state index in [0.717, 1.165) is 5.56 Å². The molecule has 0 saturated carbocycles. The van der Waals surface area contributed by atoms with Gasteiger partial charge < -0.3 is 17.6 Å². The highest BCUT2D eigenvalue weighted by molar-refractivity contribution is 7.77. The van der Waals surface area contributed by atoms with Gasteiger partial charge in [0.2, 0.25) is 11.8 Å². The van der Waals surface area contributed by atoms with Crippen molar-refractivity contribution in [3.05, 3.63) is 78.4 Å². The first-order chi connectivity index (χ1) is 12.2. The summed E-state index contributed by atoms with van der Waals surface area (Å²) in [4.78, 5) is 17.3. The molecule has 0 aliphatic rings. The van der Waals surface area contributed by atoms with E-state index in [9.17, 15) is 9.18 Å². The second kappa shape index (κ2) is 8.32. The summed E-state index contributed by atoms with van der Waals surface area (Å²) in [6.45, 7) is 10.3. The minimum absolute atomic E-state index is 0.00325. The molecular weight excluding hydrogens is 347 g/mol. The molecular formula is C21H23FN2OS. The number of aliphatic imine (C=N–C) groups is 1. The van der Waals surface area contributed by atoms with Gasteiger partial charge in [-0.05, 0) is 40.3 Å². The average Bonchev–Trinajstić information content (AvgIpc) is 2.60. The molecule has 0 N–H and O–H groups in total. The highest BCUT2D eigenvalue weighted by Crippen LogP contribution is 2.21. The van der Waals surface area contributed by atoms with E-state index in [4.69, 9.17) is 12.6 Å². The normalized spacial score (nSPS) is 13.3. The summed E-state index contributed by atoms with van der Waals surface area (Å²) in [5.41, 5.74) is 1.54. The van der Waals surface area contributed by atoms with Crippen LogP contribution in [0.4, 0.5) is 4.39 Å².